The highest BCUT2D eigenvalue weighted by Gasteiger charge is 2.22. The van der Waals surface area contributed by atoms with Crippen molar-refractivity contribution in [1.29, 1.82) is 0 Å². The van der Waals surface area contributed by atoms with Gasteiger partial charge in [0.15, 0.2) is 0 Å². The Bertz CT molecular complexity index is 307. The summed E-state index contributed by atoms with van der Waals surface area (Å²) in [5, 5.41) is 16.9. The van der Waals surface area contributed by atoms with Gasteiger partial charge in [-0.05, 0) is 32.2 Å². The standard InChI is InChI=1S/C11H19N3O/c1-2-14-7-10(6-13-14)11(8-15)12-5-9-3-4-9/h6-7,9,11-12,15H,2-5,8H2,1H3. The van der Waals surface area contributed by atoms with E-state index in [0.29, 0.717) is 0 Å². The predicted molar refractivity (Wildman–Crippen MR) is 58.5 cm³/mol. The molecule has 0 aliphatic heterocycles. The molecule has 0 spiro atoms. The van der Waals surface area contributed by atoms with Crippen LogP contribution in [0.3, 0.4) is 0 Å². The van der Waals surface area contributed by atoms with Gasteiger partial charge in [0.05, 0.1) is 18.8 Å². The van der Waals surface area contributed by atoms with Crippen LogP contribution >= 0.6 is 0 Å². The molecule has 1 aliphatic rings. The van der Waals surface area contributed by atoms with E-state index in [4.69, 9.17) is 0 Å². The SMILES string of the molecule is CCn1cc(C(CO)NCC2CC2)cn1. The van der Waals surface area contributed by atoms with Crippen LogP contribution in [0, 0.1) is 5.92 Å². The van der Waals surface area contributed by atoms with Crippen molar-refractivity contribution >= 4 is 0 Å². The second-order valence-electron chi connectivity index (χ2n) is 4.22. The maximum absolute atomic E-state index is 9.30. The maximum atomic E-state index is 9.30. The minimum Gasteiger partial charge on any atom is -0.394 e. The molecule has 0 amide bonds. The molecule has 4 heteroatoms. The van der Waals surface area contributed by atoms with Gasteiger partial charge in [-0.1, -0.05) is 0 Å². The van der Waals surface area contributed by atoms with E-state index in [1.54, 1.807) is 0 Å². The van der Waals surface area contributed by atoms with Crippen molar-refractivity contribution in [1.82, 2.24) is 15.1 Å². The van der Waals surface area contributed by atoms with E-state index in [-0.39, 0.29) is 12.6 Å². The molecule has 0 radical (unpaired) electrons. The fourth-order valence-electron chi connectivity index (χ4n) is 1.65. The summed E-state index contributed by atoms with van der Waals surface area (Å²) >= 11 is 0. The third kappa shape index (κ3) is 2.79. The molecule has 1 aliphatic carbocycles. The van der Waals surface area contributed by atoms with Crippen LogP contribution < -0.4 is 5.32 Å². The quantitative estimate of drug-likeness (QED) is 0.733. The van der Waals surface area contributed by atoms with E-state index in [1.165, 1.54) is 12.8 Å². The topological polar surface area (TPSA) is 50.1 Å². The van der Waals surface area contributed by atoms with Gasteiger partial charge >= 0.3 is 0 Å². The molecule has 4 nitrogen and oxygen atoms in total. The molecule has 0 aromatic carbocycles. The third-order valence-corrected chi connectivity index (χ3v) is 2.91. The molecule has 1 atom stereocenters. The maximum Gasteiger partial charge on any atom is 0.0627 e. The zero-order valence-corrected chi connectivity index (χ0v) is 9.19. The Labute approximate surface area is 90.3 Å². The summed E-state index contributed by atoms with van der Waals surface area (Å²) < 4.78 is 1.89. The van der Waals surface area contributed by atoms with Crippen molar-refractivity contribution in [3.05, 3.63) is 18.0 Å². The lowest BCUT2D eigenvalue weighted by Gasteiger charge is -2.13. The summed E-state index contributed by atoms with van der Waals surface area (Å²) in [4.78, 5) is 0. The number of aromatic nitrogens is 2. The van der Waals surface area contributed by atoms with Crippen molar-refractivity contribution in [2.45, 2.75) is 32.4 Å². The second kappa shape index (κ2) is 4.77. The highest BCUT2D eigenvalue weighted by molar-refractivity contribution is 5.10. The molecule has 1 unspecified atom stereocenters. The molecule has 84 valence electrons. The summed E-state index contributed by atoms with van der Waals surface area (Å²) in [5.41, 5.74) is 1.08. The van der Waals surface area contributed by atoms with Gasteiger partial charge in [0.2, 0.25) is 0 Å². The minimum absolute atomic E-state index is 0.0471. The second-order valence-corrected chi connectivity index (χ2v) is 4.22. The average Bonchev–Trinajstić information content (AvgIpc) is 2.96. The molecule has 1 aromatic heterocycles. The predicted octanol–water partition coefficient (Wildman–Crippen LogP) is 0.936. The average molecular weight is 209 g/mol. The first kappa shape index (κ1) is 10.6. The lowest BCUT2D eigenvalue weighted by atomic mass is 10.1. The monoisotopic (exact) mass is 209 g/mol. The van der Waals surface area contributed by atoms with Crippen LogP contribution in [-0.4, -0.2) is 28.0 Å². The number of aliphatic hydroxyl groups is 1. The van der Waals surface area contributed by atoms with E-state index in [2.05, 4.69) is 17.3 Å². The van der Waals surface area contributed by atoms with Gasteiger partial charge in [0.1, 0.15) is 0 Å². The summed E-state index contributed by atoms with van der Waals surface area (Å²) in [6, 6.07) is 0.0471. The van der Waals surface area contributed by atoms with Crippen LogP contribution in [0.1, 0.15) is 31.4 Å². The van der Waals surface area contributed by atoms with Crippen LogP contribution in [-0.2, 0) is 6.54 Å². The molecule has 15 heavy (non-hydrogen) atoms. The molecule has 0 bridgehead atoms. The number of aliphatic hydroxyl groups excluding tert-OH is 1. The van der Waals surface area contributed by atoms with E-state index in [0.717, 1.165) is 24.6 Å². The van der Waals surface area contributed by atoms with Crippen LogP contribution in [0.25, 0.3) is 0 Å². The first-order valence-corrected chi connectivity index (χ1v) is 5.70. The van der Waals surface area contributed by atoms with Gasteiger partial charge in [-0.3, -0.25) is 4.68 Å². The van der Waals surface area contributed by atoms with Crippen molar-refractivity contribution in [2.75, 3.05) is 13.2 Å². The number of hydrogen-bond acceptors (Lipinski definition) is 3. The number of nitrogens with one attached hydrogen (secondary N) is 1. The largest absolute Gasteiger partial charge is 0.394 e. The first-order valence-electron chi connectivity index (χ1n) is 5.70. The Morgan fingerprint density at radius 2 is 2.47 bits per heavy atom. The van der Waals surface area contributed by atoms with Crippen LogP contribution in [0.15, 0.2) is 12.4 Å². The molecule has 1 fully saturated rings. The normalized spacial score (nSPS) is 18.0. The third-order valence-electron chi connectivity index (χ3n) is 2.91. The number of aryl methyl sites for hydroxylation is 1. The van der Waals surface area contributed by atoms with Gasteiger partial charge < -0.3 is 10.4 Å². The van der Waals surface area contributed by atoms with E-state index in [9.17, 15) is 5.11 Å². The molecular weight excluding hydrogens is 190 g/mol. The van der Waals surface area contributed by atoms with E-state index >= 15 is 0 Å². The molecule has 1 saturated carbocycles. The summed E-state index contributed by atoms with van der Waals surface area (Å²) in [5.74, 6) is 0.834. The summed E-state index contributed by atoms with van der Waals surface area (Å²) in [6.07, 6.45) is 6.50. The van der Waals surface area contributed by atoms with Crippen LogP contribution in [0.5, 0.6) is 0 Å². The van der Waals surface area contributed by atoms with Gasteiger partial charge in [-0.25, -0.2) is 0 Å². The molecule has 0 saturated heterocycles. The van der Waals surface area contributed by atoms with Crippen molar-refractivity contribution in [3.63, 3.8) is 0 Å². The molecule has 1 heterocycles. The Balaban J connectivity index is 1.91. The molecule has 2 N–H and O–H groups in total. The molecule has 1 aromatic rings. The number of hydrogen-bond donors (Lipinski definition) is 2. The summed E-state index contributed by atoms with van der Waals surface area (Å²) in [6.45, 7) is 4.09. The Morgan fingerprint density at radius 1 is 1.67 bits per heavy atom. The van der Waals surface area contributed by atoms with Crippen molar-refractivity contribution < 1.29 is 5.11 Å². The van der Waals surface area contributed by atoms with Crippen molar-refractivity contribution in [3.8, 4) is 0 Å². The summed E-state index contributed by atoms with van der Waals surface area (Å²) in [7, 11) is 0. The van der Waals surface area contributed by atoms with Gasteiger partial charge in [-0.15, -0.1) is 0 Å². The Morgan fingerprint density at radius 3 is 3.00 bits per heavy atom. The van der Waals surface area contributed by atoms with Gasteiger partial charge in [-0.2, -0.15) is 5.10 Å². The smallest absolute Gasteiger partial charge is 0.0627 e. The van der Waals surface area contributed by atoms with Crippen molar-refractivity contribution in [2.24, 2.45) is 5.92 Å². The Hall–Kier alpha value is -0.870. The number of nitrogens with zero attached hydrogens (tertiary/aromatic N) is 2. The Kier molecular flexibility index (Phi) is 3.38. The zero-order valence-electron chi connectivity index (χ0n) is 9.19. The molecule has 2 rings (SSSR count). The lowest BCUT2D eigenvalue weighted by Crippen LogP contribution is -2.26. The van der Waals surface area contributed by atoms with E-state index in [1.807, 2.05) is 17.1 Å². The zero-order chi connectivity index (χ0) is 10.7. The fourth-order valence-corrected chi connectivity index (χ4v) is 1.65. The fraction of sp³-hybridized carbons (Fsp3) is 0.727. The van der Waals surface area contributed by atoms with Gasteiger partial charge in [0.25, 0.3) is 0 Å². The highest BCUT2D eigenvalue weighted by atomic mass is 16.3. The highest BCUT2D eigenvalue weighted by Crippen LogP contribution is 2.28. The first-order chi connectivity index (χ1) is 7.33. The van der Waals surface area contributed by atoms with Crippen LogP contribution in [0.2, 0.25) is 0 Å². The van der Waals surface area contributed by atoms with Gasteiger partial charge in [0, 0.05) is 18.3 Å². The van der Waals surface area contributed by atoms with Crippen LogP contribution in [0.4, 0.5) is 0 Å². The lowest BCUT2D eigenvalue weighted by molar-refractivity contribution is 0.243. The molecular formula is C11H19N3O. The minimum atomic E-state index is 0.0471. The number of rotatable bonds is 6. The van der Waals surface area contributed by atoms with E-state index < -0.39 is 0 Å².